The zero-order valence-corrected chi connectivity index (χ0v) is 14.0. The summed E-state index contributed by atoms with van der Waals surface area (Å²) in [6, 6.07) is 7.77. The van der Waals surface area contributed by atoms with E-state index in [2.05, 4.69) is 10.4 Å². The lowest BCUT2D eigenvalue weighted by molar-refractivity contribution is 0.0673. The molecule has 23 heavy (non-hydrogen) atoms. The normalized spacial score (nSPS) is 11.0. The minimum absolute atomic E-state index is 0.0237. The molecule has 0 aliphatic carbocycles. The van der Waals surface area contributed by atoms with Gasteiger partial charge >= 0.3 is 0 Å². The van der Waals surface area contributed by atoms with E-state index in [0.717, 1.165) is 16.9 Å². The third-order valence-corrected chi connectivity index (χ3v) is 4.44. The van der Waals surface area contributed by atoms with Gasteiger partial charge in [-0.25, -0.2) is 4.98 Å². The molecule has 5 nitrogen and oxygen atoms in total. The first kappa shape index (κ1) is 15.7. The van der Waals surface area contributed by atoms with Gasteiger partial charge in [0.1, 0.15) is 11.3 Å². The summed E-state index contributed by atoms with van der Waals surface area (Å²) in [7, 11) is 1.65. The molecule has 0 fully saturated rings. The molecule has 3 rings (SSSR count). The average molecular weight is 329 g/mol. The van der Waals surface area contributed by atoms with Gasteiger partial charge in [-0.05, 0) is 41.4 Å². The van der Waals surface area contributed by atoms with Crippen molar-refractivity contribution < 1.29 is 9.53 Å². The van der Waals surface area contributed by atoms with E-state index in [9.17, 15) is 4.79 Å². The number of carbonyl (C=O) groups is 1. The molecule has 3 heterocycles. The Morgan fingerprint density at radius 3 is 3.00 bits per heavy atom. The van der Waals surface area contributed by atoms with E-state index >= 15 is 0 Å². The number of pyridine rings is 1. The van der Waals surface area contributed by atoms with Crippen molar-refractivity contribution in [1.82, 2.24) is 14.3 Å². The molecule has 0 saturated carbocycles. The van der Waals surface area contributed by atoms with Crippen LogP contribution in [0.5, 0.6) is 0 Å². The second kappa shape index (κ2) is 6.93. The number of ether oxygens (including phenoxy) is 1. The summed E-state index contributed by atoms with van der Waals surface area (Å²) in [4.78, 5) is 19.4. The molecule has 0 aliphatic heterocycles. The van der Waals surface area contributed by atoms with Crippen molar-refractivity contribution in [3.05, 3.63) is 58.2 Å². The number of aryl methyl sites for hydroxylation is 1. The number of thiophene rings is 1. The lowest BCUT2D eigenvalue weighted by atomic mass is 10.2. The summed E-state index contributed by atoms with van der Waals surface area (Å²) in [5, 5.41) is 4.09. The number of rotatable bonds is 6. The molecule has 120 valence electrons. The number of hydrogen-bond acceptors (Lipinski definition) is 4. The van der Waals surface area contributed by atoms with Gasteiger partial charge in [-0.15, -0.1) is 0 Å². The van der Waals surface area contributed by atoms with E-state index in [1.54, 1.807) is 18.4 Å². The summed E-state index contributed by atoms with van der Waals surface area (Å²) < 4.78 is 7.02. The first-order valence-corrected chi connectivity index (χ1v) is 8.38. The Hall–Kier alpha value is -2.18. The summed E-state index contributed by atoms with van der Waals surface area (Å²) in [6.45, 7) is 3.50. The number of nitrogens with zero attached hydrogens (tertiary/aromatic N) is 3. The topological polar surface area (TPSA) is 46.8 Å². The quantitative estimate of drug-likeness (QED) is 0.698. The molecule has 0 saturated heterocycles. The zero-order valence-electron chi connectivity index (χ0n) is 13.2. The fourth-order valence-corrected chi connectivity index (χ4v) is 3.24. The van der Waals surface area contributed by atoms with Crippen LogP contribution in [0.2, 0.25) is 0 Å². The maximum Gasteiger partial charge on any atom is 0.273 e. The van der Waals surface area contributed by atoms with E-state index in [1.165, 1.54) is 0 Å². The van der Waals surface area contributed by atoms with E-state index in [0.29, 0.717) is 25.4 Å². The van der Waals surface area contributed by atoms with Crippen molar-refractivity contribution in [3.63, 3.8) is 0 Å². The minimum Gasteiger partial charge on any atom is -0.383 e. The molecule has 0 bridgehead atoms. The monoisotopic (exact) mass is 329 g/mol. The largest absolute Gasteiger partial charge is 0.383 e. The van der Waals surface area contributed by atoms with E-state index in [4.69, 9.17) is 4.74 Å². The molecular weight excluding hydrogens is 310 g/mol. The molecule has 0 atom stereocenters. The van der Waals surface area contributed by atoms with Gasteiger partial charge in [0.25, 0.3) is 5.91 Å². The fourth-order valence-electron chi connectivity index (χ4n) is 2.58. The Balaban J connectivity index is 1.94. The molecule has 0 spiro atoms. The predicted octanol–water partition coefficient (Wildman–Crippen LogP) is 2.99. The second-order valence-corrected chi connectivity index (χ2v) is 6.11. The van der Waals surface area contributed by atoms with Crippen LogP contribution < -0.4 is 0 Å². The third-order valence-electron chi connectivity index (χ3n) is 3.71. The number of carbonyl (C=O) groups excluding carboxylic acids is 1. The van der Waals surface area contributed by atoms with Crippen molar-refractivity contribution in [2.24, 2.45) is 0 Å². The van der Waals surface area contributed by atoms with Crippen LogP contribution in [0.25, 0.3) is 5.65 Å². The molecular formula is C17H19N3O2S. The van der Waals surface area contributed by atoms with Gasteiger partial charge in [0.15, 0.2) is 0 Å². The van der Waals surface area contributed by atoms with Crippen LogP contribution in [0.15, 0.2) is 41.2 Å². The van der Waals surface area contributed by atoms with E-state index in [1.807, 2.05) is 52.1 Å². The van der Waals surface area contributed by atoms with E-state index in [-0.39, 0.29) is 5.91 Å². The Bertz CT molecular complexity index is 795. The smallest absolute Gasteiger partial charge is 0.273 e. The Morgan fingerprint density at radius 2 is 2.26 bits per heavy atom. The highest BCUT2D eigenvalue weighted by Gasteiger charge is 2.22. The van der Waals surface area contributed by atoms with Crippen molar-refractivity contribution >= 4 is 22.9 Å². The average Bonchev–Trinajstić information content (AvgIpc) is 3.17. The van der Waals surface area contributed by atoms with Crippen molar-refractivity contribution in [2.75, 3.05) is 20.3 Å². The lowest BCUT2D eigenvalue weighted by Gasteiger charge is -2.22. The molecule has 3 aromatic heterocycles. The molecule has 0 unspecified atom stereocenters. The molecule has 0 aliphatic rings. The maximum atomic E-state index is 13.1. The highest BCUT2D eigenvalue weighted by molar-refractivity contribution is 7.07. The Labute approximate surface area is 139 Å². The number of fused-ring (bicyclic) bond motifs is 1. The Kier molecular flexibility index (Phi) is 4.73. The molecule has 1 amide bonds. The number of amides is 1. The second-order valence-electron chi connectivity index (χ2n) is 5.33. The molecule has 0 N–H and O–H groups in total. The summed E-state index contributed by atoms with van der Waals surface area (Å²) in [5.74, 6) is -0.0237. The molecule has 0 aromatic carbocycles. The van der Waals surface area contributed by atoms with Gasteiger partial charge in [-0.1, -0.05) is 6.07 Å². The standard InChI is InChI=1S/C17H19N3O2S/c1-13-16(20-7-4-3-5-15(20)18-13)17(21)19(8-9-22-2)11-14-6-10-23-12-14/h3-7,10,12H,8-9,11H2,1-2H3. The number of methoxy groups -OCH3 is 1. The van der Waals surface area contributed by atoms with Crippen LogP contribution in [0.3, 0.4) is 0 Å². The SMILES string of the molecule is COCCN(Cc1ccsc1)C(=O)c1c(C)nc2ccccn12. The zero-order chi connectivity index (χ0) is 16.2. The number of imidazole rings is 1. The molecule has 0 radical (unpaired) electrons. The molecule has 6 heteroatoms. The summed E-state index contributed by atoms with van der Waals surface area (Å²) in [5.41, 5.74) is 3.28. The highest BCUT2D eigenvalue weighted by Crippen LogP contribution is 2.17. The van der Waals surface area contributed by atoms with E-state index < -0.39 is 0 Å². The number of aromatic nitrogens is 2. The minimum atomic E-state index is -0.0237. The molecule has 3 aromatic rings. The highest BCUT2D eigenvalue weighted by atomic mass is 32.1. The first-order valence-electron chi connectivity index (χ1n) is 7.43. The van der Waals surface area contributed by atoms with Gasteiger partial charge in [-0.3, -0.25) is 9.20 Å². The van der Waals surface area contributed by atoms with Crippen molar-refractivity contribution in [2.45, 2.75) is 13.5 Å². The summed E-state index contributed by atoms with van der Waals surface area (Å²) in [6.07, 6.45) is 1.88. The van der Waals surface area contributed by atoms with Gasteiger partial charge in [0.05, 0.1) is 12.3 Å². The fraction of sp³-hybridized carbons (Fsp3) is 0.294. The third kappa shape index (κ3) is 3.28. The van der Waals surface area contributed by atoms with Crippen LogP contribution >= 0.6 is 11.3 Å². The van der Waals surface area contributed by atoms with Crippen LogP contribution in [0.4, 0.5) is 0 Å². The van der Waals surface area contributed by atoms with Gasteiger partial charge in [0.2, 0.25) is 0 Å². The predicted molar refractivity (Wildman–Crippen MR) is 90.9 cm³/mol. The van der Waals surface area contributed by atoms with Crippen LogP contribution in [-0.4, -0.2) is 40.5 Å². The van der Waals surface area contributed by atoms with Crippen molar-refractivity contribution in [1.29, 1.82) is 0 Å². The van der Waals surface area contributed by atoms with Crippen LogP contribution in [0, 0.1) is 6.92 Å². The van der Waals surface area contributed by atoms with Crippen LogP contribution in [-0.2, 0) is 11.3 Å². The summed E-state index contributed by atoms with van der Waals surface area (Å²) >= 11 is 1.63. The van der Waals surface area contributed by atoms with Crippen molar-refractivity contribution in [3.8, 4) is 0 Å². The number of hydrogen-bond donors (Lipinski definition) is 0. The lowest BCUT2D eigenvalue weighted by Crippen LogP contribution is -2.34. The first-order chi connectivity index (χ1) is 11.2. The van der Waals surface area contributed by atoms with Gasteiger partial charge < -0.3 is 9.64 Å². The van der Waals surface area contributed by atoms with Crippen LogP contribution in [0.1, 0.15) is 21.7 Å². The van der Waals surface area contributed by atoms with Gasteiger partial charge in [0, 0.05) is 26.4 Å². The maximum absolute atomic E-state index is 13.1. The Morgan fingerprint density at radius 1 is 1.39 bits per heavy atom. The van der Waals surface area contributed by atoms with Gasteiger partial charge in [-0.2, -0.15) is 11.3 Å².